The van der Waals surface area contributed by atoms with Crippen LogP contribution >= 0.6 is 0 Å². The van der Waals surface area contributed by atoms with Crippen LogP contribution in [0.3, 0.4) is 0 Å². The van der Waals surface area contributed by atoms with Gasteiger partial charge in [0.1, 0.15) is 0 Å². The van der Waals surface area contributed by atoms with Crippen molar-refractivity contribution < 1.29 is 14.6 Å². The molecule has 2 N–H and O–H groups in total. The van der Waals surface area contributed by atoms with Gasteiger partial charge in [0.05, 0.1) is 19.1 Å². The lowest BCUT2D eigenvalue weighted by Crippen LogP contribution is -2.33. The highest BCUT2D eigenvalue weighted by atomic mass is 16.5. The molecule has 16 heavy (non-hydrogen) atoms. The van der Waals surface area contributed by atoms with Crippen LogP contribution in [0.5, 0.6) is 0 Å². The second-order valence-corrected chi connectivity index (χ2v) is 3.96. The van der Waals surface area contributed by atoms with E-state index in [2.05, 4.69) is 12.2 Å². The van der Waals surface area contributed by atoms with E-state index < -0.39 is 5.92 Å². The molecule has 4 nitrogen and oxygen atoms in total. The molecule has 0 saturated carbocycles. The second-order valence-electron chi connectivity index (χ2n) is 3.96. The monoisotopic (exact) mass is 231 g/mol. The van der Waals surface area contributed by atoms with Crippen LogP contribution in [0.25, 0.3) is 0 Å². The molecule has 4 heteroatoms. The average molecular weight is 231 g/mol. The minimum absolute atomic E-state index is 0.149. The molecule has 0 aromatic heterocycles. The molecule has 0 saturated heterocycles. The summed E-state index contributed by atoms with van der Waals surface area (Å²) in [6, 6.07) is 0. The van der Waals surface area contributed by atoms with Crippen LogP contribution in [-0.2, 0) is 9.53 Å². The first-order valence-electron chi connectivity index (χ1n) is 6.24. The lowest BCUT2D eigenvalue weighted by atomic mass is 10.1. The summed E-state index contributed by atoms with van der Waals surface area (Å²) in [5.41, 5.74) is 0. The number of unbranched alkanes of at least 4 members (excludes halogenated alkanes) is 2. The van der Waals surface area contributed by atoms with Crippen molar-refractivity contribution in [2.24, 2.45) is 5.92 Å². The largest absolute Gasteiger partial charge is 0.465 e. The molecule has 1 unspecified atom stereocenters. The summed E-state index contributed by atoms with van der Waals surface area (Å²) in [7, 11) is 0. The molecule has 0 aliphatic rings. The van der Waals surface area contributed by atoms with Crippen molar-refractivity contribution in [3.05, 3.63) is 0 Å². The summed E-state index contributed by atoms with van der Waals surface area (Å²) in [6.07, 6.45) is 4.10. The fourth-order valence-corrected chi connectivity index (χ4v) is 1.24. The maximum atomic E-state index is 11.5. The van der Waals surface area contributed by atoms with Crippen LogP contribution in [-0.4, -0.2) is 37.4 Å². The Morgan fingerprint density at radius 1 is 1.31 bits per heavy atom. The molecule has 96 valence electrons. The highest BCUT2D eigenvalue weighted by Gasteiger charge is 2.18. The van der Waals surface area contributed by atoms with E-state index in [1.807, 2.05) is 6.92 Å². The summed E-state index contributed by atoms with van der Waals surface area (Å²) < 4.78 is 5.05. The molecule has 0 aromatic carbocycles. The highest BCUT2D eigenvalue weighted by molar-refractivity contribution is 5.72. The third kappa shape index (κ3) is 7.65. The number of esters is 1. The van der Waals surface area contributed by atoms with Crippen LogP contribution in [0.1, 0.15) is 39.5 Å². The van der Waals surface area contributed by atoms with Gasteiger partial charge in [0.2, 0.25) is 0 Å². The molecule has 0 bridgehead atoms. The fourth-order valence-electron chi connectivity index (χ4n) is 1.24. The molecule has 0 rings (SSSR count). The summed E-state index contributed by atoms with van der Waals surface area (Å²) in [6.45, 7) is 5.86. The van der Waals surface area contributed by atoms with Gasteiger partial charge in [-0.1, -0.05) is 26.7 Å². The van der Waals surface area contributed by atoms with Gasteiger partial charge in [-0.05, 0) is 19.4 Å². The average Bonchev–Trinajstić information content (AvgIpc) is 2.29. The van der Waals surface area contributed by atoms with E-state index in [9.17, 15) is 4.79 Å². The Balaban J connectivity index is 3.65. The van der Waals surface area contributed by atoms with Gasteiger partial charge in [0.15, 0.2) is 0 Å². The number of nitrogens with one attached hydrogen (secondary N) is 1. The van der Waals surface area contributed by atoms with Crippen LogP contribution in [0, 0.1) is 5.92 Å². The topological polar surface area (TPSA) is 58.6 Å². The number of aliphatic hydroxyl groups excluding tert-OH is 1. The molecule has 0 aliphatic carbocycles. The maximum absolute atomic E-state index is 11.5. The van der Waals surface area contributed by atoms with Gasteiger partial charge >= 0.3 is 5.97 Å². The standard InChI is InChI=1S/C12H25NO3/c1-3-5-7-13-9-11(10-14)12(15)16-8-6-4-2/h11,13-14H,3-10H2,1-2H3. The molecule has 0 amide bonds. The fraction of sp³-hybridized carbons (Fsp3) is 0.917. The zero-order valence-electron chi connectivity index (χ0n) is 10.5. The van der Waals surface area contributed by atoms with Crippen molar-refractivity contribution in [2.75, 3.05) is 26.3 Å². The Morgan fingerprint density at radius 2 is 2.00 bits per heavy atom. The number of hydrogen-bond donors (Lipinski definition) is 2. The molecule has 1 atom stereocenters. The first kappa shape index (κ1) is 15.4. The van der Waals surface area contributed by atoms with Crippen molar-refractivity contribution >= 4 is 5.97 Å². The smallest absolute Gasteiger partial charge is 0.312 e. The number of aliphatic hydroxyl groups is 1. The lowest BCUT2D eigenvalue weighted by molar-refractivity contribution is -0.149. The third-order valence-electron chi connectivity index (χ3n) is 2.39. The van der Waals surface area contributed by atoms with E-state index in [0.29, 0.717) is 13.2 Å². The highest BCUT2D eigenvalue weighted by Crippen LogP contribution is 1.99. The van der Waals surface area contributed by atoms with Crippen molar-refractivity contribution in [3.8, 4) is 0 Å². The zero-order valence-corrected chi connectivity index (χ0v) is 10.5. The third-order valence-corrected chi connectivity index (χ3v) is 2.39. The number of carbonyl (C=O) groups is 1. The number of carbonyl (C=O) groups excluding carboxylic acids is 1. The molecule has 0 aliphatic heterocycles. The molecule has 0 fully saturated rings. The summed E-state index contributed by atoms with van der Waals surface area (Å²) in [5, 5.41) is 12.2. The number of hydrogen-bond acceptors (Lipinski definition) is 4. The Hall–Kier alpha value is -0.610. The Kier molecular flexibility index (Phi) is 10.5. The SMILES string of the molecule is CCCCNCC(CO)C(=O)OCCCC. The van der Waals surface area contributed by atoms with Crippen molar-refractivity contribution in [3.63, 3.8) is 0 Å². The van der Waals surface area contributed by atoms with Crippen molar-refractivity contribution in [2.45, 2.75) is 39.5 Å². The van der Waals surface area contributed by atoms with E-state index in [4.69, 9.17) is 9.84 Å². The van der Waals surface area contributed by atoms with Crippen molar-refractivity contribution in [1.82, 2.24) is 5.32 Å². The van der Waals surface area contributed by atoms with E-state index in [1.54, 1.807) is 0 Å². The molecular formula is C12H25NO3. The predicted octanol–water partition coefficient (Wildman–Crippen LogP) is 1.33. The van der Waals surface area contributed by atoms with Gasteiger partial charge in [0.25, 0.3) is 0 Å². The van der Waals surface area contributed by atoms with Gasteiger partial charge in [-0.15, -0.1) is 0 Å². The van der Waals surface area contributed by atoms with Crippen LogP contribution < -0.4 is 5.32 Å². The summed E-state index contributed by atoms with van der Waals surface area (Å²) >= 11 is 0. The maximum Gasteiger partial charge on any atom is 0.312 e. The van der Waals surface area contributed by atoms with E-state index in [1.165, 1.54) is 0 Å². The second kappa shape index (κ2) is 10.9. The summed E-state index contributed by atoms with van der Waals surface area (Å²) in [5.74, 6) is -0.714. The molecule has 0 spiro atoms. The Morgan fingerprint density at radius 3 is 2.56 bits per heavy atom. The van der Waals surface area contributed by atoms with Gasteiger partial charge in [-0.2, -0.15) is 0 Å². The Labute approximate surface area is 98.4 Å². The quantitative estimate of drug-likeness (QED) is 0.440. The van der Waals surface area contributed by atoms with E-state index >= 15 is 0 Å². The van der Waals surface area contributed by atoms with Gasteiger partial charge in [-0.3, -0.25) is 4.79 Å². The predicted molar refractivity (Wildman–Crippen MR) is 64.2 cm³/mol. The Bertz CT molecular complexity index is 174. The molecule has 0 heterocycles. The van der Waals surface area contributed by atoms with Gasteiger partial charge in [0, 0.05) is 6.54 Å². The van der Waals surface area contributed by atoms with Crippen molar-refractivity contribution in [1.29, 1.82) is 0 Å². The molecule has 0 radical (unpaired) electrons. The van der Waals surface area contributed by atoms with E-state index in [0.717, 1.165) is 32.2 Å². The lowest BCUT2D eigenvalue weighted by Gasteiger charge is -2.14. The first-order valence-corrected chi connectivity index (χ1v) is 6.24. The van der Waals surface area contributed by atoms with Gasteiger partial charge in [-0.25, -0.2) is 0 Å². The molecule has 0 aromatic rings. The number of rotatable bonds is 10. The van der Waals surface area contributed by atoms with E-state index in [-0.39, 0.29) is 12.6 Å². The molecular weight excluding hydrogens is 206 g/mol. The number of ether oxygens (including phenoxy) is 1. The first-order chi connectivity index (χ1) is 7.76. The van der Waals surface area contributed by atoms with Crippen LogP contribution in [0.4, 0.5) is 0 Å². The minimum Gasteiger partial charge on any atom is -0.465 e. The zero-order chi connectivity index (χ0) is 12.2. The van der Waals surface area contributed by atoms with Crippen LogP contribution in [0.2, 0.25) is 0 Å². The van der Waals surface area contributed by atoms with Gasteiger partial charge < -0.3 is 15.2 Å². The minimum atomic E-state index is -0.422. The summed E-state index contributed by atoms with van der Waals surface area (Å²) in [4.78, 5) is 11.5. The van der Waals surface area contributed by atoms with Crippen LogP contribution in [0.15, 0.2) is 0 Å². The normalized spacial score (nSPS) is 12.4.